The van der Waals surface area contributed by atoms with E-state index < -0.39 is 0 Å². The molecule has 0 aliphatic rings. The van der Waals surface area contributed by atoms with Gasteiger partial charge in [-0.3, -0.25) is 4.79 Å². The van der Waals surface area contributed by atoms with Gasteiger partial charge in [0.1, 0.15) is 0 Å². The maximum absolute atomic E-state index is 11.1. The van der Waals surface area contributed by atoms with Crippen molar-refractivity contribution in [1.82, 2.24) is 15.6 Å². The lowest BCUT2D eigenvalue weighted by molar-refractivity contribution is -0.119. The number of benzene rings is 1. The van der Waals surface area contributed by atoms with Gasteiger partial charge in [0.25, 0.3) is 0 Å². The Balaban J connectivity index is 1.90. The fourth-order valence-corrected chi connectivity index (χ4v) is 2.51. The van der Waals surface area contributed by atoms with E-state index in [0.717, 1.165) is 16.5 Å². The van der Waals surface area contributed by atoms with Gasteiger partial charge in [-0.25, -0.2) is 4.98 Å². The second-order valence-electron chi connectivity index (χ2n) is 4.84. The lowest BCUT2D eigenvalue weighted by Gasteiger charge is -2.05. The van der Waals surface area contributed by atoms with Crippen molar-refractivity contribution in [3.63, 3.8) is 0 Å². The molecule has 0 aliphatic heterocycles. The molecule has 2 aromatic rings. The quantitative estimate of drug-likeness (QED) is 0.766. The predicted molar refractivity (Wildman–Crippen MR) is 87.1 cm³/mol. The van der Waals surface area contributed by atoms with Crippen LogP contribution in [-0.2, 0) is 11.3 Å². The number of amides is 1. The fourth-order valence-electron chi connectivity index (χ4n) is 1.78. The van der Waals surface area contributed by atoms with Crippen LogP contribution < -0.4 is 16.0 Å². The zero-order chi connectivity index (χ0) is 15.2. The molecule has 6 heteroatoms. The van der Waals surface area contributed by atoms with Crippen molar-refractivity contribution in [2.24, 2.45) is 0 Å². The van der Waals surface area contributed by atoms with Gasteiger partial charge in [0.05, 0.1) is 12.2 Å². The first-order valence-electron chi connectivity index (χ1n) is 6.78. The normalized spacial score (nSPS) is 10.4. The summed E-state index contributed by atoms with van der Waals surface area (Å²) in [5.41, 5.74) is 4.50. The van der Waals surface area contributed by atoms with Crippen LogP contribution in [0.15, 0.2) is 23.6 Å². The van der Waals surface area contributed by atoms with Gasteiger partial charge in [-0.1, -0.05) is 6.07 Å². The van der Waals surface area contributed by atoms with Crippen LogP contribution in [0.5, 0.6) is 0 Å². The molecular weight excluding hydrogens is 284 g/mol. The van der Waals surface area contributed by atoms with E-state index in [2.05, 4.69) is 46.9 Å². The van der Waals surface area contributed by atoms with Crippen LogP contribution in [0.1, 0.15) is 16.8 Å². The van der Waals surface area contributed by atoms with E-state index in [9.17, 15) is 4.79 Å². The number of carbonyl (C=O) groups excluding carboxylic acids is 1. The highest BCUT2D eigenvalue weighted by Crippen LogP contribution is 2.22. The number of thiazole rings is 1. The summed E-state index contributed by atoms with van der Waals surface area (Å²) < 4.78 is 0. The lowest BCUT2D eigenvalue weighted by atomic mass is 10.1. The first kappa shape index (κ1) is 15.5. The topological polar surface area (TPSA) is 66.1 Å². The Morgan fingerprint density at radius 3 is 2.81 bits per heavy atom. The molecule has 5 nitrogen and oxygen atoms in total. The average molecular weight is 304 g/mol. The Bertz CT molecular complexity index is 624. The Hall–Kier alpha value is -1.92. The molecule has 1 aromatic heterocycles. The molecule has 3 N–H and O–H groups in total. The molecule has 0 unspecified atom stereocenters. The summed E-state index contributed by atoms with van der Waals surface area (Å²) in [4.78, 5) is 15.6. The summed E-state index contributed by atoms with van der Waals surface area (Å²) >= 11 is 1.56. The molecule has 0 spiro atoms. The van der Waals surface area contributed by atoms with Gasteiger partial charge in [0.15, 0.2) is 5.13 Å². The van der Waals surface area contributed by atoms with Crippen LogP contribution in [-0.4, -0.2) is 24.5 Å². The molecule has 1 heterocycles. The minimum absolute atomic E-state index is 0.0290. The van der Waals surface area contributed by atoms with Crippen molar-refractivity contribution < 1.29 is 4.79 Å². The number of hydrogen-bond acceptors (Lipinski definition) is 5. The van der Waals surface area contributed by atoms with E-state index in [-0.39, 0.29) is 5.91 Å². The summed E-state index contributed by atoms with van der Waals surface area (Å²) in [5.74, 6) is -0.0290. The van der Waals surface area contributed by atoms with E-state index in [1.165, 1.54) is 11.1 Å². The number of likely N-dealkylation sites (N-methyl/N-ethyl adjacent to an activating group) is 1. The Labute approximate surface area is 128 Å². The first-order valence-corrected chi connectivity index (χ1v) is 7.66. The second-order valence-corrected chi connectivity index (χ2v) is 5.70. The Kier molecular flexibility index (Phi) is 5.30. The molecule has 1 amide bonds. The summed E-state index contributed by atoms with van der Waals surface area (Å²) in [7, 11) is 1.62. The standard InChI is InChI=1S/C15H20N4OS/c1-10-4-5-12(6-11(10)2)18-15-19-13(9-21-15)7-17-8-14(20)16-3/h4-6,9,17H,7-8H2,1-3H3,(H,16,20)(H,18,19). The molecule has 112 valence electrons. The average Bonchev–Trinajstić information content (AvgIpc) is 2.90. The summed E-state index contributed by atoms with van der Waals surface area (Å²) in [6.07, 6.45) is 0. The molecule has 1 aromatic carbocycles. The zero-order valence-corrected chi connectivity index (χ0v) is 13.3. The van der Waals surface area contributed by atoms with E-state index in [1.807, 2.05) is 11.4 Å². The number of anilines is 2. The van der Waals surface area contributed by atoms with Crippen LogP contribution in [0, 0.1) is 13.8 Å². The highest BCUT2D eigenvalue weighted by atomic mass is 32.1. The van der Waals surface area contributed by atoms with Crippen molar-refractivity contribution >= 4 is 28.1 Å². The molecule has 0 radical (unpaired) electrons. The van der Waals surface area contributed by atoms with Gasteiger partial charge in [0.2, 0.25) is 5.91 Å². The lowest BCUT2D eigenvalue weighted by Crippen LogP contribution is -2.31. The molecule has 0 bridgehead atoms. The maximum atomic E-state index is 11.1. The molecule has 0 fully saturated rings. The van der Waals surface area contributed by atoms with Gasteiger partial charge in [-0.2, -0.15) is 0 Å². The number of aryl methyl sites for hydroxylation is 2. The van der Waals surface area contributed by atoms with E-state index in [4.69, 9.17) is 0 Å². The van der Waals surface area contributed by atoms with Gasteiger partial charge in [-0.05, 0) is 37.1 Å². The zero-order valence-electron chi connectivity index (χ0n) is 12.5. The number of nitrogens with zero attached hydrogens (tertiary/aromatic N) is 1. The van der Waals surface area contributed by atoms with Crippen molar-refractivity contribution in [3.8, 4) is 0 Å². The third-order valence-electron chi connectivity index (χ3n) is 3.18. The molecule has 2 rings (SSSR count). The van der Waals surface area contributed by atoms with Crippen LogP contribution in [0.4, 0.5) is 10.8 Å². The Morgan fingerprint density at radius 1 is 1.29 bits per heavy atom. The molecule has 21 heavy (non-hydrogen) atoms. The van der Waals surface area contributed by atoms with Gasteiger partial charge >= 0.3 is 0 Å². The van der Waals surface area contributed by atoms with Crippen molar-refractivity contribution in [2.45, 2.75) is 20.4 Å². The number of rotatable bonds is 6. The smallest absolute Gasteiger partial charge is 0.233 e. The summed E-state index contributed by atoms with van der Waals surface area (Å²) in [6, 6.07) is 6.25. The third kappa shape index (κ3) is 4.54. The molecule has 0 saturated carbocycles. The monoisotopic (exact) mass is 304 g/mol. The Morgan fingerprint density at radius 2 is 2.10 bits per heavy atom. The van der Waals surface area contributed by atoms with Crippen LogP contribution in [0.25, 0.3) is 0 Å². The van der Waals surface area contributed by atoms with Gasteiger partial charge < -0.3 is 16.0 Å². The minimum atomic E-state index is -0.0290. The van der Waals surface area contributed by atoms with Crippen molar-refractivity contribution in [3.05, 3.63) is 40.4 Å². The summed E-state index contributed by atoms with van der Waals surface area (Å²) in [5, 5.41) is 11.8. The van der Waals surface area contributed by atoms with Crippen LogP contribution >= 0.6 is 11.3 Å². The number of nitrogens with one attached hydrogen (secondary N) is 3. The highest BCUT2D eigenvalue weighted by molar-refractivity contribution is 7.13. The van der Waals surface area contributed by atoms with Gasteiger partial charge in [-0.15, -0.1) is 11.3 Å². The van der Waals surface area contributed by atoms with Crippen LogP contribution in [0.2, 0.25) is 0 Å². The maximum Gasteiger partial charge on any atom is 0.233 e. The minimum Gasteiger partial charge on any atom is -0.358 e. The molecule has 0 atom stereocenters. The van der Waals surface area contributed by atoms with Gasteiger partial charge in [0, 0.05) is 24.7 Å². The fraction of sp³-hybridized carbons (Fsp3) is 0.333. The highest BCUT2D eigenvalue weighted by Gasteiger charge is 2.04. The van der Waals surface area contributed by atoms with Crippen LogP contribution in [0.3, 0.4) is 0 Å². The largest absolute Gasteiger partial charge is 0.358 e. The number of aromatic nitrogens is 1. The summed E-state index contributed by atoms with van der Waals surface area (Å²) in [6.45, 7) is 5.07. The van der Waals surface area contributed by atoms with E-state index >= 15 is 0 Å². The SMILES string of the molecule is CNC(=O)CNCc1csc(Nc2ccc(C)c(C)c2)n1. The van der Waals surface area contributed by atoms with Crippen molar-refractivity contribution in [2.75, 3.05) is 18.9 Å². The third-order valence-corrected chi connectivity index (χ3v) is 3.99. The second kappa shape index (κ2) is 7.19. The van der Waals surface area contributed by atoms with E-state index in [1.54, 1.807) is 18.4 Å². The van der Waals surface area contributed by atoms with Crippen molar-refractivity contribution in [1.29, 1.82) is 0 Å². The number of hydrogen-bond donors (Lipinski definition) is 3. The molecule has 0 saturated heterocycles. The molecule has 0 aliphatic carbocycles. The predicted octanol–water partition coefficient (Wildman–Crippen LogP) is 2.34. The van der Waals surface area contributed by atoms with E-state index in [0.29, 0.717) is 13.1 Å². The number of carbonyl (C=O) groups is 1. The molecular formula is C15H20N4OS. The first-order chi connectivity index (χ1) is 10.1.